The number of hydrogen-bond donors (Lipinski definition) is 2. The molecule has 0 aliphatic carbocycles. The molecule has 2 N–H and O–H groups in total. The van der Waals surface area contributed by atoms with Gasteiger partial charge in [0.05, 0.1) is 20.2 Å². The SMILES string of the molecule is [2H]C([2H])(CNC(C)=O)CS(=O)(=O)[O-].[2H]C([2H])(CNC(C)=O)CS(=O)(=O)[O-].[Ca+2]. The number of rotatable bonds is 8. The normalized spacial score (nSPS) is 14.4. The second kappa shape index (κ2) is 14.4. The van der Waals surface area contributed by atoms with Crippen LogP contribution in [0.15, 0.2) is 0 Å². The largest absolute Gasteiger partial charge is 2.00 e. The van der Waals surface area contributed by atoms with Crippen molar-refractivity contribution < 1.29 is 41.0 Å². The van der Waals surface area contributed by atoms with Crippen LogP contribution in [0, 0.1) is 0 Å². The zero-order valence-corrected chi connectivity index (χ0v) is 16.5. The molecular weight excluding hydrogens is 380 g/mol. The Hall–Kier alpha value is 0.0197. The van der Waals surface area contributed by atoms with Crippen LogP contribution < -0.4 is 10.6 Å². The smallest absolute Gasteiger partial charge is 0.748 e. The monoisotopic (exact) mass is 404 g/mol. The van der Waals surface area contributed by atoms with Crippen molar-refractivity contribution in [1.29, 1.82) is 0 Å². The Morgan fingerprint density at radius 2 is 1.13 bits per heavy atom. The van der Waals surface area contributed by atoms with Gasteiger partial charge < -0.3 is 19.7 Å². The van der Waals surface area contributed by atoms with Gasteiger partial charge in [0, 0.05) is 43.9 Å². The van der Waals surface area contributed by atoms with Crippen LogP contribution in [-0.4, -0.2) is 100 Å². The van der Waals surface area contributed by atoms with Gasteiger partial charge in [0.15, 0.2) is 0 Å². The summed E-state index contributed by atoms with van der Waals surface area (Å²) in [4.78, 5) is 20.7. The molecule has 0 heterocycles. The molecular formula is C10H20CaN2O8S2. The molecule has 0 aromatic rings. The van der Waals surface area contributed by atoms with Crippen LogP contribution in [0.4, 0.5) is 0 Å². The summed E-state index contributed by atoms with van der Waals surface area (Å²) in [5.74, 6) is -3.24. The molecule has 13 heteroatoms. The molecule has 132 valence electrons. The predicted octanol–water partition coefficient (Wildman–Crippen LogP) is -2.27. The third kappa shape index (κ3) is 34.4. The van der Waals surface area contributed by atoms with E-state index in [1.54, 1.807) is 0 Å². The van der Waals surface area contributed by atoms with Gasteiger partial charge in [-0.3, -0.25) is 9.59 Å². The predicted molar refractivity (Wildman–Crippen MR) is 81.5 cm³/mol. The van der Waals surface area contributed by atoms with Crippen LogP contribution >= 0.6 is 0 Å². The van der Waals surface area contributed by atoms with Gasteiger partial charge >= 0.3 is 37.7 Å². The van der Waals surface area contributed by atoms with Gasteiger partial charge in [0.25, 0.3) is 0 Å². The summed E-state index contributed by atoms with van der Waals surface area (Å²) >= 11 is 0. The molecule has 0 saturated heterocycles. The second-order valence-corrected chi connectivity index (χ2v) is 6.53. The average molecular weight is 405 g/mol. The first kappa shape index (κ1) is 19.3. The van der Waals surface area contributed by atoms with Crippen LogP contribution in [0.3, 0.4) is 0 Å². The van der Waals surface area contributed by atoms with E-state index in [9.17, 15) is 35.5 Å². The third-order valence-corrected chi connectivity index (χ3v) is 2.60. The number of hydrogen-bond acceptors (Lipinski definition) is 8. The fraction of sp³-hybridized carbons (Fsp3) is 0.800. The third-order valence-electron chi connectivity index (χ3n) is 1.48. The van der Waals surface area contributed by atoms with Crippen LogP contribution in [0.1, 0.15) is 32.1 Å². The maximum Gasteiger partial charge on any atom is 2.00 e. The molecule has 0 rings (SSSR count). The van der Waals surface area contributed by atoms with E-state index in [-0.39, 0.29) is 37.7 Å². The molecule has 2 amide bonds. The van der Waals surface area contributed by atoms with Crippen molar-refractivity contribution in [2.24, 2.45) is 0 Å². The first-order valence-electron chi connectivity index (χ1n) is 7.61. The Morgan fingerprint density at radius 3 is 1.30 bits per heavy atom. The fourth-order valence-electron chi connectivity index (χ4n) is 0.726. The minimum Gasteiger partial charge on any atom is -0.748 e. The van der Waals surface area contributed by atoms with E-state index in [0.717, 1.165) is 0 Å². The molecule has 0 aliphatic rings. The van der Waals surface area contributed by atoms with Gasteiger partial charge in [-0.2, -0.15) is 0 Å². The van der Waals surface area contributed by atoms with E-state index in [1.807, 2.05) is 0 Å². The second-order valence-electron chi connectivity index (χ2n) is 3.72. The number of nitrogens with one attached hydrogen (secondary N) is 2. The van der Waals surface area contributed by atoms with Gasteiger partial charge in [0.2, 0.25) is 11.8 Å². The van der Waals surface area contributed by atoms with Crippen LogP contribution in [0.25, 0.3) is 0 Å². The average Bonchev–Trinajstić information content (AvgIpc) is 2.29. The molecule has 23 heavy (non-hydrogen) atoms. The van der Waals surface area contributed by atoms with Crippen molar-refractivity contribution in [3.8, 4) is 0 Å². The Labute approximate surface area is 171 Å². The Bertz CT molecular complexity index is 640. The maximum absolute atomic E-state index is 10.4. The van der Waals surface area contributed by atoms with E-state index in [4.69, 9.17) is 5.48 Å². The molecule has 0 fully saturated rings. The number of carbonyl (C=O) groups excluding carboxylic acids is 2. The van der Waals surface area contributed by atoms with Crippen molar-refractivity contribution in [3.05, 3.63) is 0 Å². The summed E-state index contributed by atoms with van der Waals surface area (Å²) in [5, 5.41) is 4.18. The summed E-state index contributed by atoms with van der Waals surface area (Å²) in [6.45, 7) is 1.37. The van der Waals surface area contributed by atoms with Crippen LogP contribution in [0.5, 0.6) is 0 Å². The Balaban J connectivity index is -0.000000411. The van der Waals surface area contributed by atoms with E-state index >= 15 is 0 Å². The molecule has 0 aromatic heterocycles. The maximum atomic E-state index is 10.4. The minimum atomic E-state index is -4.61. The van der Waals surface area contributed by atoms with Crippen molar-refractivity contribution in [3.63, 3.8) is 0 Å². The Kier molecular flexibility index (Phi) is 12.1. The zero-order valence-electron chi connectivity index (χ0n) is 16.6. The van der Waals surface area contributed by atoms with Gasteiger partial charge in [-0.15, -0.1) is 0 Å². The van der Waals surface area contributed by atoms with Crippen LogP contribution in [0.2, 0.25) is 0 Å². The van der Waals surface area contributed by atoms with Crippen molar-refractivity contribution >= 4 is 69.8 Å². The summed E-state index contributed by atoms with van der Waals surface area (Å²) in [6.07, 6.45) is -4.43. The quantitative estimate of drug-likeness (QED) is 0.336. The summed E-state index contributed by atoms with van der Waals surface area (Å²) in [6, 6.07) is 0. The molecule has 0 unspecified atom stereocenters. The minimum absolute atomic E-state index is 0. The number of amides is 2. The van der Waals surface area contributed by atoms with Crippen molar-refractivity contribution in [2.45, 2.75) is 26.6 Å². The summed E-state index contributed by atoms with van der Waals surface area (Å²) < 4.78 is 89.3. The fourth-order valence-corrected chi connectivity index (χ4v) is 1.43. The molecule has 0 bridgehead atoms. The molecule has 0 spiro atoms. The standard InChI is InChI=1S/2C5H11NO4S.Ca/c2*1-5(7)6-3-2-4-11(8,9)10;/h2*2-4H2,1H3,(H,6,7)(H,8,9,10);/q;;+2/p-2/i2*2D2;. The van der Waals surface area contributed by atoms with Gasteiger partial charge in [-0.25, -0.2) is 16.8 Å². The van der Waals surface area contributed by atoms with Crippen molar-refractivity contribution in [2.75, 3.05) is 24.6 Å². The molecule has 0 saturated carbocycles. The summed E-state index contributed by atoms with van der Waals surface area (Å²) in [7, 11) is -9.21. The topological polar surface area (TPSA) is 173 Å². The number of carbonyl (C=O) groups is 2. The van der Waals surface area contributed by atoms with Crippen LogP contribution in [-0.2, 0) is 29.8 Å². The Morgan fingerprint density at radius 1 is 0.870 bits per heavy atom. The van der Waals surface area contributed by atoms with Gasteiger partial charge in [-0.05, 0) is 12.7 Å². The van der Waals surface area contributed by atoms with E-state index in [1.165, 1.54) is 13.8 Å². The van der Waals surface area contributed by atoms with Gasteiger partial charge in [0.1, 0.15) is 0 Å². The molecule has 10 nitrogen and oxygen atoms in total. The first-order chi connectivity index (χ1) is 11.2. The van der Waals surface area contributed by atoms with E-state index < -0.39 is 69.4 Å². The molecule has 0 atom stereocenters. The zero-order chi connectivity index (χ0) is 21.4. The molecule has 0 aliphatic heterocycles. The summed E-state index contributed by atoms with van der Waals surface area (Å²) in [5.41, 5.74) is 0. The van der Waals surface area contributed by atoms with E-state index in [2.05, 4.69) is 10.6 Å². The van der Waals surface area contributed by atoms with E-state index in [0.29, 0.717) is 0 Å². The first-order valence-corrected chi connectivity index (χ1v) is 8.76. The van der Waals surface area contributed by atoms with Crippen molar-refractivity contribution in [1.82, 2.24) is 10.6 Å². The van der Waals surface area contributed by atoms with Gasteiger partial charge in [-0.1, -0.05) is 0 Å². The molecule has 0 aromatic carbocycles. The molecule has 0 radical (unpaired) electrons.